The maximum atomic E-state index is 10.8. The van der Waals surface area contributed by atoms with Crippen molar-refractivity contribution in [2.45, 2.75) is 12.5 Å². The number of methoxy groups -OCH3 is 1. The fourth-order valence-corrected chi connectivity index (χ4v) is 3.08. The number of furan rings is 1. The zero-order valence-electron chi connectivity index (χ0n) is 14.3. The molecule has 0 bridgehead atoms. The second-order valence-electron chi connectivity index (χ2n) is 6.02. The first-order chi connectivity index (χ1) is 12.8. The number of aromatic nitrogens is 2. The molecule has 0 spiro atoms. The summed E-state index contributed by atoms with van der Waals surface area (Å²) in [5.74, 6) is 1.35. The smallest absolute Gasteiger partial charge is 0.177 e. The number of fused-ring (bicyclic) bond motifs is 1. The van der Waals surface area contributed by atoms with E-state index in [2.05, 4.69) is 9.97 Å². The molecule has 0 radical (unpaired) electrons. The van der Waals surface area contributed by atoms with Gasteiger partial charge in [0.25, 0.3) is 0 Å². The number of rotatable bonds is 5. The van der Waals surface area contributed by atoms with Crippen molar-refractivity contribution in [1.82, 2.24) is 9.97 Å². The second-order valence-corrected chi connectivity index (χ2v) is 6.02. The van der Waals surface area contributed by atoms with Gasteiger partial charge in [-0.15, -0.1) is 0 Å². The Bertz CT molecular complexity index is 1010. The predicted molar refractivity (Wildman–Crippen MR) is 98.9 cm³/mol. The lowest BCUT2D eigenvalue weighted by molar-refractivity contribution is 0.180. The van der Waals surface area contributed by atoms with Crippen molar-refractivity contribution in [3.05, 3.63) is 78.4 Å². The van der Waals surface area contributed by atoms with Crippen LogP contribution in [0, 0.1) is 0 Å². The summed E-state index contributed by atoms with van der Waals surface area (Å²) >= 11 is 0. The van der Waals surface area contributed by atoms with Gasteiger partial charge in [-0.05, 0) is 47.5 Å². The zero-order chi connectivity index (χ0) is 17.9. The third-order valence-electron chi connectivity index (χ3n) is 4.40. The monoisotopic (exact) mass is 346 g/mol. The molecule has 5 heteroatoms. The van der Waals surface area contributed by atoms with Crippen molar-refractivity contribution < 1.29 is 14.3 Å². The van der Waals surface area contributed by atoms with E-state index in [9.17, 15) is 5.11 Å². The summed E-state index contributed by atoms with van der Waals surface area (Å²) in [6, 6.07) is 13.2. The summed E-state index contributed by atoms with van der Waals surface area (Å²) in [5, 5.41) is 11.6. The largest absolute Gasteiger partial charge is 0.493 e. The first kappa shape index (κ1) is 16.3. The summed E-state index contributed by atoms with van der Waals surface area (Å²) in [5.41, 5.74) is 3.38. The third-order valence-corrected chi connectivity index (χ3v) is 4.40. The van der Waals surface area contributed by atoms with Gasteiger partial charge in [-0.1, -0.05) is 6.07 Å². The highest BCUT2D eigenvalue weighted by atomic mass is 16.5. The van der Waals surface area contributed by atoms with E-state index in [-0.39, 0.29) is 0 Å². The number of pyridine rings is 2. The van der Waals surface area contributed by atoms with E-state index in [0.717, 1.165) is 22.1 Å². The third kappa shape index (κ3) is 3.05. The van der Waals surface area contributed by atoms with Crippen molar-refractivity contribution in [2.24, 2.45) is 0 Å². The molecule has 0 amide bonds. The minimum Gasteiger partial charge on any atom is -0.493 e. The molecule has 0 fully saturated rings. The standard InChI is InChI=1S/C21H18N2O3/c1-25-19-3-2-16(18(24)12-14-4-8-22-9-5-14)17-13-20(26-21(17)19)15-6-10-23-11-7-15/h2-11,13,18,24H,12H2,1H3. The molecule has 0 saturated heterocycles. The number of benzene rings is 1. The lowest BCUT2D eigenvalue weighted by Crippen LogP contribution is -2.02. The number of nitrogens with zero attached hydrogens (tertiary/aromatic N) is 2. The Morgan fingerprint density at radius 2 is 1.69 bits per heavy atom. The molecule has 1 atom stereocenters. The van der Waals surface area contributed by atoms with E-state index in [1.165, 1.54) is 0 Å². The van der Waals surface area contributed by atoms with Gasteiger partial charge in [-0.25, -0.2) is 0 Å². The molecule has 3 heterocycles. The minimum atomic E-state index is -0.659. The zero-order valence-corrected chi connectivity index (χ0v) is 14.3. The molecule has 1 unspecified atom stereocenters. The minimum absolute atomic E-state index is 0.500. The predicted octanol–water partition coefficient (Wildman–Crippen LogP) is 4.17. The van der Waals surface area contributed by atoms with Gasteiger partial charge in [0.05, 0.1) is 13.2 Å². The molecule has 4 rings (SSSR count). The fourth-order valence-electron chi connectivity index (χ4n) is 3.08. The molecule has 3 aromatic heterocycles. The van der Waals surface area contributed by atoms with Crippen LogP contribution in [0.15, 0.2) is 71.7 Å². The molecule has 26 heavy (non-hydrogen) atoms. The van der Waals surface area contributed by atoms with Gasteiger partial charge < -0.3 is 14.3 Å². The normalized spacial score (nSPS) is 12.2. The van der Waals surface area contributed by atoms with Crippen LogP contribution < -0.4 is 4.74 Å². The van der Waals surface area contributed by atoms with Crippen molar-refractivity contribution in [3.8, 4) is 17.1 Å². The highest BCUT2D eigenvalue weighted by Crippen LogP contribution is 2.38. The molecule has 4 aromatic rings. The summed E-state index contributed by atoms with van der Waals surface area (Å²) in [7, 11) is 1.61. The van der Waals surface area contributed by atoms with Crippen LogP contribution in [0.25, 0.3) is 22.3 Å². The van der Waals surface area contributed by atoms with Crippen LogP contribution in [0.1, 0.15) is 17.2 Å². The highest BCUT2D eigenvalue weighted by Gasteiger charge is 2.19. The van der Waals surface area contributed by atoms with Gasteiger partial charge >= 0.3 is 0 Å². The first-order valence-corrected chi connectivity index (χ1v) is 8.34. The Morgan fingerprint density at radius 3 is 2.38 bits per heavy atom. The number of hydrogen-bond donors (Lipinski definition) is 1. The fraction of sp³-hybridized carbons (Fsp3) is 0.143. The second kappa shape index (κ2) is 6.98. The molecule has 130 valence electrons. The lowest BCUT2D eigenvalue weighted by atomic mass is 9.98. The number of aliphatic hydroxyl groups excluding tert-OH is 1. The molecular formula is C21H18N2O3. The molecular weight excluding hydrogens is 328 g/mol. The van der Waals surface area contributed by atoms with Crippen molar-refractivity contribution in [2.75, 3.05) is 7.11 Å². The van der Waals surface area contributed by atoms with E-state index < -0.39 is 6.10 Å². The Labute approximate surface area is 150 Å². The van der Waals surface area contributed by atoms with Crippen LogP contribution in [-0.4, -0.2) is 22.2 Å². The maximum Gasteiger partial charge on any atom is 0.177 e. The molecule has 1 aromatic carbocycles. The molecule has 0 aliphatic carbocycles. The average molecular weight is 346 g/mol. The Hall–Kier alpha value is -3.18. The van der Waals surface area contributed by atoms with Crippen LogP contribution in [0.4, 0.5) is 0 Å². The Balaban J connectivity index is 1.78. The van der Waals surface area contributed by atoms with E-state index in [4.69, 9.17) is 9.15 Å². The van der Waals surface area contributed by atoms with Crippen molar-refractivity contribution in [3.63, 3.8) is 0 Å². The lowest BCUT2D eigenvalue weighted by Gasteiger charge is -2.13. The number of ether oxygens (including phenoxy) is 1. The SMILES string of the molecule is COc1ccc(C(O)Cc2ccncc2)c2cc(-c3ccncc3)oc12. The Kier molecular flexibility index (Phi) is 4.37. The highest BCUT2D eigenvalue weighted by molar-refractivity contribution is 5.90. The van der Waals surface area contributed by atoms with Gasteiger partial charge in [0, 0.05) is 42.2 Å². The summed E-state index contributed by atoms with van der Waals surface area (Å²) in [4.78, 5) is 8.06. The quantitative estimate of drug-likeness (QED) is 0.587. The summed E-state index contributed by atoms with van der Waals surface area (Å²) < 4.78 is 11.5. The van der Waals surface area contributed by atoms with Crippen LogP contribution in [0.2, 0.25) is 0 Å². The van der Waals surface area contributed by atoms with Crippen LogP contribution in [0.5, 0.6) is 5.75 Å². The van der Waals surface area contributed by atoms with Crippen LogP contribution in [0.3, 0.4) is 0 Å². The van der Waals surface area contributed by atoms with Crippen molar-refractivity contribution >= 4 is 11.0 Å². The molecule has 0 aliphatic rings. The van der Waals surface area contributed by atoms with Gasteiger partial charge in [-0.2, -0.15) is 0 Å². The molecule has 5 nitrogen and oxygen atoms in total. The van der Waals surface area contributed by atoms with Crippen molar-refractivity contribution in [1.29, 1.82) is 0 Å². The Morgan fingerprint density at radius 1 is 1.00 bits per heavy atom. The van der Waals surface area contributed by atoms with Crippen LogP contribution in [-0.2, 0) is 6.42 Å². The average Bonchev–Trinajstić information content (AvgIpc) is 3.14. The topological polar surface area (TPSA) is 68.4 Å². The van der Waals surface area contributed by atoms with Crippen LogP contribution >= 0.6 is 0 Å². The van der Waals surface area contributed by atoms with E-state index in [1.54, 1.807) is 31.9 Å². The van der Waals surface area contributed by atoms with Gasteiger partial charge in [0.1, 0.15) is 5.76 Å². The van der Waals surface area contributed by atoms with E-state index in [1.807, 2.05) is 42.5 Å². The van der Waals surface area contributed by atoms with Gasteiger partial charge in [0.2, 0.25) is 0 Å². The van der Waals surface area contributed by atoms with E-state index in [0.29, 0.717) is 23.5 Å². The molecule has 0 aliphatic heterocycles. The summed E-state index contributed by atoms with van der Waals surface area (Å²) in [6.07, 6.45) is 6.74. The van der Waals surface area contributed by atoms with E-state index >= 15 is 0 Å². The van der Waals surface area contributed by atoms with Gasteiger partial charge in [0.15, 0.2) is 11.3 Å². The van der Waals surface area contributed by atoms with Gasteiger partial charge in [-0.3, -0.25) is 9.97 Å². The maximum absolute atomic E-state index is 10.8. The molecule has 0 saturated carbocycles. The molecule has 1 N–H and O–H groups in total. The number of hydrogen-bond acceptors (Lipinski definition) is 5. The summed E-state index contributed by atoms with van der Waals surface area (Å²) in [6.45, 7) is 0. The first-order valence-electron chi connectivity index (χ1n) is 8.34. The number of aliphatic hydroxyl groups is 1.